The van der Waals surface area contributed by atoms with E-state index in [0.29, 0.717) is 38.4 Å². The van der Waals surface area contributed by atoms with Crippen LogP contribution in [0.2, 0.25) is 15.1 Å². The smallest absolute Gasteiger partial charge is 0.250 e. The molecule has 0 aliphatic carbocycles. The van der Waals surface area contributed by atoms with Crippen molar-refractivity contribution in [3.05, 3.63) is 63.1 Å². The Morgan fingerprint density at radius 1 is 1.04 bits per heavy atom. The Hall–Kier alpha value is -2.12. The van der Waals surface area contributed by atoms with Crippen LogP contribution in [0.25, 0.3) is 6.08 Å². The predicted molar refractivity (Wildman–Crippen MR) is 120 cm³/mol. The van der Waals surface area contributed by atoms with E-state index in [-0.39, 0.29) is 11.0 Å². The van der Waals surface area contributed by atoms with Crippen molar-refractivity contribution in [1.29, 1.82) is 0 Å². The van der Waals surface area contributed by atoms with Crippen molar-refractivity contribution in [3.8, 4) is 0 Å². The molecule has 0 aliphatic heterocycles. The summed E-state index contributed by atoms with van der Waals surface area (Å²) in [5, 5.41) is 9.42. The van der Waals surface area contributed by atoms with E-state index >= 15 is 0 Å². The van der Waals surface area contributed by atoms with Crippen molar-refractivity contribution in [2.24, 2.45) is 0 Å². The Morgan fingerprint density at radius 3 is 2.46 bits per heavy atom. The van der Waals surface area contributed by atoms with Crippen LogP contribution >= 0.6 is 47.0 Å². The molecule has 3 N–H and O–H groups in total. The van der Waals surface area contributed by atoms with Crippen LogP contribution in [0.15, 0.2) is 42.5 Å². The third-order valence-electron chi connectivity index (χ3n) is 3.43. The fourth-order valence-electron chi connectivity index (χ4n) is 2.06. The highest BCUT2D eigenvalue weighted by Gasteiger charge is 2.08. The van der Waals surface area contributed by atoms with Crippen molar-refractivity contribution in [2.45, 2.75) is 13.3 Å². The zero-order chi connectivity index (χ0) is 20.7. The number of carbonyl (C=O) groups excluding carboxylic acids is 2. The van der Waals surface area contributed by atoms with Crippen LogP contribution in [0.3, 0.4) is 0 Å². The third kappa shape index (κ3) is 6.80. The van der Waals surface area contributed by atoms with Crippen molar-refractivity contribution < 1.29 is 9.59 Å². The normalized spacial score (nSPS) is 10.6. The summed E-state index contributed by atoms with van der Waals surface area (Å²) in [5.74, 6) is -0.578. The summed E-state index contributed by atoms with van der Waals surface area (Å²) in [5.41, 5.74) is 1.65. The first-order valence-electron chi connectivity index (χ1n) is 8.13. The van der Waals surface area contributed by atoms with Gasteiger partial charge in [-0.1, -0.05) is 47.8 Å². The highest BCUT2D eigenvalue weighted by atomic mass is 35.5. The summed E-state index contributed by atoms with van der Waals surface area (Å²) >= 11 is 23.2. The molecule has 0 spiro atoms. The highest BCUT2D eigenvalue weighted by molar-refractivity contribution is 7.80. The number of amides is 2. The number of hydrogen-bond acceptors (Lipinski definition) is 3. The minimum absolute atomic E-state index is 0.0534. The van der Waals surface area contributed by atoms with Crippen LogP contribution in [0.1, 0.15) is 18.9 Å². The maximum Gasteiger partial charge on any atom is 0.250 e. The first-order valence-corrected chi connectivity index (χ1v) is 9.67. The van der Waals surface area contributed by atoms with E-state index in [4.69, 9.17) is 47.0 Å². The molecule has 0 atom stereocenters. The largest absolute Gasteiger partial charge is 0.331 e. The molecule has 146 valence electrons. The van der Waals surface area contributed by atoms with E-state index in [1.807, 2.05) is 0 Å². The zero-order valence-electron chi connectivity index (χ0n) is 14.7. The van der Waals surface area contributed by atoms with Crippen molar-refractivity contribution in [1.82, 2.24) is 5.32 Å². The van der Waals surface area contributed by atoms with E-state index in [1.54, 1.807) is 49.4 Å². The Balaban J connectivity index is 1.99. The summed E-state index contributed by atoms with van der Waals surface area (Å²) in [6.07, 6.45) is 3.19. The second-order valence-electron chi connectivity index (χ2n) is 5.54. The standard InChI is InChI=1S/C19H16Cl3N3O2S/c1-2-17(26)23-13-6-7-14(21)16(10-13)24-19(28)25-18(27)8-4-11-3-5-12(20)9-15(11)22/h3-10H,2H2,1H3,(H,23,26)(H2,24,25,27,28)/b8-4+. The van der Waals surface area contributed by atoms with E-state index in [0.717, 1.165) is 0 Å². The average molecular weight is 457 g/mol. The molecule has 0 saturated carbocycles. The lowest BCUT2D eigenvalue weighted by Gasteiger charge is -2.12. The molecule has 2 aromatic carbocycles. The van der Waals surface area contributed by atoms with Gasteiger partial charge in [-0.2, -0.15) is 0 Å². The molecule has 9 heteroatoms. The summed E-state index contributed by atoms with van der Waals surface area (Å²) in [7, 11) is 0. The van der Waals surface area contributed by atoms with Crippen molar-refractivity contribution in [3.63, 3.8) is 0 Å². The van der Waals surface area contributed by atoms with Gasteiger partial charge in [-0.3, -0.25) is 14.9 Å². The lowest BCUT2D eigenvalue weighted by atomic mass is 10.2. The van der Waals surface area contributed by atoms with Gasteiger partial charge in [0, 0.05) is 28.2 Å². The highest BCUT2D eigenvalue weighted by Crippen LogP contribution is 2.26. The minimum atomic E-state index is -0.449. The number of carbonyl (C=O) groups is 2. The molecule has 2 aromatic rings. The molecule has 0 bridgehead atoms. The molecule has 0 heterocycles. The van der Waals surface area contributed by atoms with Gasteiger partial charge in [0.2, 0.25) is 11.8 Å². The summed E-state index contributed by atoms with van der Waals surface area (Å²) in [6, 6.07) is 9.85. The van der Waals surface area contributed by atoms with Crippen LogP contribution in [0.5, 0.6) is 0 Å². The second kappa shape index (κ2) is 10.4. The molecule has 0 radical (unpaired) electrons. The zero-order valence-corrected chi connectivity index (χ0v) is 17.8. The summed E-state index contributed by atoms with van der Waals surface area (Å²) < 4.78 is 0. The first-order chi connectivity index (χ1) is 13.3. The van der Waals surface area contributed by atoms with E-state index in [1.165, 1.54) is 6.08 Å². The van der Waals surface area contributed by atoms with Crippen LogP contribution in [0.4, 0.5) is 11.4 Å². The maximum atomic E-state index is 12.0. The molecule has 2 rings (SSSR count). The number of anilines is 2. The van der Waals surface area contributed by atoms with Crippen LogP contribution < -0.4 is 16.0 Å². The maximum absolute atomic E-state index is 12.0. The molecule has 0 aromatic heterocycles. The van der Waals surface area contributed by atoms with Crippen LogP contribution in [0, 0.1) is 0 Å². The fourth-order valence-corrected chi connectivity index (χ4v) is 2.90. The molecule has 5 nitrogen and oxygen atoms in total. The average Bonchev–Trinajstić information content (AvgIpc) is 2.63. The van der Waals surface area contributed by atoms with Crippen molar-refractivity contribution in [2.75, 3.05) is 10.6 Å². The molecular formula is C19H16Cl3N3O2S. The lowest BCUT2D eigenvalue weighted by molar-refractivity contribution is -0.116. The predicted octanol–water partition coefficient (Wildman–Crippen LogP) is 5.52. The van der Waals surface area contributed by atoms with Crippen LogP contribution in [-0.2, 0) is 9.59 Å². The molecule has 0 fully saturated rings. The van der Waals surface area contributed by atoms with Crippen molar-refractivity contribution >= 4 is 81.4 Å². The number of hydrogen-bond donors (Lipinski definition) is 3. The van der Waals surface area contributed by atoms with Crippen LogP contribution in [-0.4, -0.2) is 16.9 Å². The number of rotatable bonds is 5. The van der Waals surface area contributed by atoms with Gasteiger partial charge in [0.15, 0.2) is 5.11 Å². The number of nitrogens with one attached hydrogen (secondary N) is 3. The number of benzene rings is 2. The van der Waals surface area contributed by atoms with Gasteiger partial charge in [-0.15, -0.1) is 0 Å². The first kappa shape index (κ1) is 22.2. The van der Waals surface area contributed by atoms with Gasteiger partial charge in [0.1, 0.15) is 0 Å². The Kier molecular flexibility index (Phi) is 8.26. The van der Waals surface area contributed by atoms with Gasteiger partial charge < -0.3 is 10.6 Å². The van der Waals surface area contributed by atoms with E-state index in [2.05, 4.69) is 16.0 Å². The summed E-state index contributed by atoms with van der Waals surface area (Å²) in [4.78, 5) is 23.6. The van der Waals surface area contributed by atoms with E-state index < -0.39 is 5.91 Å². The summed E-state index contributed by atoms with van der Waals surface area (Å²) in [6.45, 7) is 1.75. The topological polar surface area (TPSA) is 70.2 Å². The molecule has 2 amide bonds. The Morgan fingerprint density at radius 2 is 1.79 bits per heavy atom. The van der Waals surface area contributed by atoms with E-state index in [9.17, 15) is 9.59 Å². The molecule has 28 heavy (non-hydrogen) atoms. The number of thiocarbonyl (C=S) groups is 1. The third-order valence-corrected chi connectivity index (χ3v) is 4.53. The van der Waals surface area contributed by atoms with Gasteiger partial charge in [-0.05, 0) is 54.2 Å². The SMILES string of the molecule is CCC(=O)Nc1ccc(Cl)c(NC(=S)NC(=O)/C=C/c2ccc(Cl)cc2Cl)c1. The minimum Gasteiger partial charge on any atom is -0.331 e. The van der Waals surface area contributed by atoms with Gasteiger partial charge in [0.25, 0.3) is 0 Å². The molecule has 0 saturated heterocycles. The Bertz CT molecular complexity index is 948. The van der Waals surface area contributed by atoms with Gasteiger partial charge in [0.05, 0.1) is 10.7 Å². The van der Waals surface area contributed by atoms with Gasteiger partial charge >= 0.3 is 0 Å². The quantitative estimate of drug-likeness (QED) is 0.409. The monoisotopic (exact) mass is 455 g/mol. The lowest BCUT2D eigenvalue weighted by Crippen LogP contribution is -2.32. The number of halogens is 3. The second-order valence-corrected chi connectivity index (χ2v) is 7.20. The fraction of sp³-hybridized carbons (Fsp3) is 0.105. The molecule has 0 unspecified atom stereocenters. The molecule has 0 aliphatic rings. The molecular weight excluding hydrogens is 441 g/mol. The van der Waals surface area contributed by atoms with Gasteiger partial charge in [-0.25, -0.2) is 0 Å². The Labute approximate surface area is 183 Å².